The standard InChI is InChI=1S/C13H16N2O3/c1-9(16)8-15-12(17)11(14-13(15)18)7-10-5-3-2-4-6-10/h2-6,9,11,16H,7-8H2,1H3,(H,14,18)/t9-,11-/m0/s1. The molecule has 0 spiro atoms. The largest absolute Gasteiger partial charge is 0.392 e. The predicted molar refractivity (Wildman–Crippen MR) is 65.9 cm³/mol. The topological polar surface area (TPSA) is 69.6 Å². The van der Waals surface area contributed by atoms with E-state index in [2.05, 4.69) is 5.32 Å². The number of carbonyl (C=O) groups excluding carboxylic acids is 2. The van der Waals surface area contributed by atoms with Crippen molar-refractivity contribution in [2.24, 2.45) is 0 Å². The lowest BCUT2D eigenvalue weighted by atomic mass is 10.1. The number of urea groups is 1. The van der Waals surface area contributed by atoms with Gasteiger partial charge in [-0.15, -0.1) is 0 Å². The van der Waals surface area contributed by atoms with E-state index in [4.69, 9.17) is 0 Å². The first-order chi connectivity index (χ1) is 8.58. The second-order valence-corrected chi connectivity index (χ2v) is 4.49. The Kier molecular flexibility index (Phi) is 3.62. The molecule has 5 nitrogen and oxygen atoms in total. The van der Waals surface area contributed by atoms with Crippen LogP contribution in [0.3, 0.4) is 0 Å². The smallest absolute Gasteiger partial charge is 0.324 e. The van der Waals surface area contributed by atoms with Crippen LogP contribution in [0.2, 0.25) is 0 Å². The minimum atomic E-state index is -0.713. The van der Waals surface area contributed by atoms with Crippen molar-refractivity contribution in [3.05, 3.63) is 35.9 Å². The molecule has 96 valence electrons. The molecule has 0 aliphatic carbocycles. The third-order valence-electron chi connectivity index (χ3n) is 2.84. The maximum absolute atomic E-state index is 12.0. The number of aliphatic hydroxyl groups excluding tert-OH is 1. The molecule has 1 aliphatic heterocycles. The zero-order valence-electron chi connectivity index (χ0n) is 10.2. The highest BCUT2D eigenvalue weighted by molar-refractivity contribution is 6.04. The van der Waals surface area contributed by atoms with Crippen molar-refractivity contribution in [2.75, 3.05) is 6.54 Å². The summed E-state index contributed by atoms with van der Waals surface area (Å²) in [7, 11) is 0. The number of benzene rings is 1. The van der Waals surface area contributed by atoms with Crippen molar-refractivity contribution in [2.45, 2.75) is 25.5 Å². The lowest BCUT2D eigenvalue weighted by Gasteiger charge is -2.14. The number of carbonyl (C=O) groups is 2. The minimum Gasteiger partial charge on any atom is -0.392 e. The first-order valence-electron chi connectivity index (χ1n) is 5.92. The average Bonchev–Trinajstić information content (AvgIpc) is 2.58. The summed E-state index contributed by atoms with van der Waals surface area (Å²) in [6.45, 7) is 1.58. The van der Waals surface area contributed by atoms with E-state index < -0.39 is 18.2 Å². The van der Waals surface area contributed by atoms with Gasteiger partial charge in [0.25, 0.3) is 5.91 Å². The molecule has 1 aromatic rings. The van der Waals surface area contributed by atoms with Crippen LogP contribution in [0.25, 0.3) is 0 Å². The number of nitrogens with zero attached hydrogens (tertiary/aromatic N) is 1. The van der Waals surface area contributed by atoms with Crippen LogP contribution in [0, 0.1) is 0 Å². The fourth-order valence-electron chi connectivity index (χ4n) is 2.00. The summed E-state index contributed by atoms with van der Waals surface area (Å²) in [6, 6.07) is 8.56. The van der Waals surface area contributed by atoms with Gasteiger partial charge in [-0.1, -0.05) is 30.3 Å². The van der Waals surface area contributed by atoms with Gasteiger partial charge in [-0.05, 0) is 12.5 Å². The summed E-state index contributed by atoms with van der Waals surface area (Å²) < 4.78 is 0. The number of imide groups is 1. The third kappa shape index (κ3) is 2.68. The zero-order valence-corrected chi connectivity index (χ0v) is 10.2. The number of rotatable bonds is 4. The number of hydrogen-bond donors (Lipinski definition) is 2. The first kappa shape index (κ1) is 12.6. The SMILES string of the molecule is C[C@H](O)CN1C(=O)N[C@@H](Cc2ccccc2)C1=O. The van der Waals surface area contributed by atoms with Gasteiger partial charge in [0.1, 0.15) is 6.04 Å². The molecular formula is C13H16N2O3. The summed E-state index contributed by atoms with van der Waals surface area (Å²) in [5.74, 6) is -0.273. The predicted octanol–water partition coefficient (Wildman–Crippen LogP) is 0.530. The average molecular weight is 248 g/mol. The molecule has 2 N–H and O–H groups in total. The van der Waals surface area contributed by atoms with Gasteiger partial charge in [-0.3, -0.25) is 9.69 Å². The second-order valence-electron chi connectivity index (χ2n) is 4.49. The molecule has 1 heterocycles. The van der Waals surface area contributed by atoms with Gasteiger partial charge in [-0.2, -0.15) is 0 Å². The van der Waals surface area contributed by atoms with E-state index in [0.29, 0.717) is 6.42 Å². The molecule has 3 amide bonds. The fourth-order valence-corrected chi connectivity index (χ4v) is 2.00. The molecule has 1 fully saturated rings. The molecule has 0 saturated carbocycles. The molecule has 1 aliphatic rings. The van der Waals surface area contributed by atoms with Crippen LogP contribution < -0.4 is 5.32 Å². The molecular weight excluding hydrogens is 232 g/mol. The van der Waals surface area contributed by atoms with Crippen LogP contribution in [0.1, 0.15) is 12.5 Å². The van der Waals surface area contributed by atoms with Crippen molar-refractivity contribution in [1.82, 2.24) is 10.2 Å². The summed E-state index contributed by atoms with van der Waals surface area (Å²) in [6.07, 6.45) is -0.239. The summed E-state index contributed by atoms with van der Waals surface area (Å²) >= 11 is 0. The molecule has 5 heteroatoms. The molecule has 0 radical (unpaired) electrons. The molecule has 2 rings (SSSR count). The molecule has 0 bridgehead atoms. The van der Waals surface area contributed by atoms with Gasteiger partial charge >= 0.3 is 6.03 Å². The van der Waals surface area contributed by atoms with Crippen LogP contribution in [-0.2, 0) is 11.2 Å². The molecule has 1 saturated heterocycles. The number of hydrogen-bond acceptors (Lipinski definition) is 3. The molecule has 2 atom stereocenters. The Morgan fingerprint density at radius 2 is 2.00 bits per heavy atom. The minimum absolute atomic E-state index is 0.0377. The Morgan fingerprint density at radius 3 is 2.61 bits per heavy atom. The van der Waals surface area contributed by atoms with Crippen LogP contribution in [0.15, 0.2) is 30.3 Å². The number of amides is 3. The van der Waals surface area contributed by atoms with Crippen molar-refractivity contribution >= 4 is 11.9 Å². The quantitative estimate of drug-likeness (QED) is 0.764. The fraction of sp³-hybridized carbons (Fsp3) is 0.385. The van der Waals surface area contributed by atoms with E-state index in [-0.39, 0.29) is 12.5 Å². The Balaban J connectivity index is 2.04. The zero-order chi connectivity index (χ0) is 13.1. The van der Waals surface area contributed by atoms with Gasteiger partial charge in [0.2, 0.25) is 0 Å². The number of β-amino-alcohol motifs (C(OH)–C–C–N with tert-alkyl or cyclic N) is 1. The highest BCUT2D eigenvalue weighted by Gasteiger charge is 2.38. The molecule has 0 aromatic heterocycles. The monoisotopic (exact) mass is 248 g/mol. The van der Waals surface area contributed by atoms with Crippen molar-refractivity contribution < 1.29 is 14.7 Å². The van der Waals surface area contributed by atoms with Crippen LogP contribution in [0.4, 0.5) is 4.79 Å². The van der Waals surface area contributed by atoms with E-state index in [9.17, 15) is 14.7 Å². The Morgan fingerprint density at radius 1 is 1.33 bits per heavy atom. The van der Waals surface area contributed by atoms with Gasteiger partial charge in [0.05, 0.1) is 12.6 Å². The lowest BCUT2D eigenvalue weighted by molar-refractivity contribution is -0.128. The van der Waals surface area contributed by atoms with Crippen molar-refractivity contribution in [3.8, 4) is 0 Å². The maximum Gasteiger partial charge on any atom is 0.324 e. The highest BCUT2D eigenvalue weighted by atomic mass is 16.3. The van der Waals surface area contributed by atoms with Crippen molar-refractivity contribution in [3.63, 3.8) is 0 Å². The second kappa shape index (κ2) is 5.18. The van der Waals surface area contributed by atoms with Gasteiger partial charge in [-0.25, -0.2) is 4.79 Å². The highest BCUT2D eigenvalue weighted by Crippen LogP contribution is 2.12. The number of nitrogens with one attached hydrogen (secondary N) is 1. The summed E-state index contributed by atoms with van der Waals surface area (Å²) in [4.78, 5) is 24.7. The summed E-state index contributed by atoms with van der Waals surface area (Å²) in [5, 5.41) is 11.9. The lowest BCUT2D eigenvalue weighted by Crippen LogP contribution is -2.37. The maximum atomic E-state index is 12.0. The van der Waals surface area contributed by atoms with Gasteiger partial charge in [0.15, 0.2) is 0 Å². The normalized spacial score (nSPS) is 21.0. The molecule has 1 aromatic carbocycles. The summed E-state index contributed by atoms with van der Waals surface area (Å²) in [5.41, 5.74) is 0.995. The number of aliphatic hydroxyl groups is 1. The van der Waals surface area contributed by atoms with Crippen LogP contribution in [0.5, 0.6) is 0 Å². The Hall–Kier alpha value is -1.88. The first-order valence-corrected chi connectivity index (χ1v) is 5.92. The van der Waals surface area contributed by atoms with Crippen LogP contribution >= 0.6 is 0 Å². The van der Waals surface area contributed by atoms with Gasteiger partial charge < -0.3 is 10.4 Å². The van der Waals surface area contributed by atoms with E-state index in [0.717, 1.165) is 10.5 Å². The van der Waals surface area contributed by atoms with E-state index in [1.54, 1.807) is 6.92 Å². The van der Waals surface area contributed by atoms with E-state index in [1.165, 1.54) is 0 Å². The van der Waals surface area contributed by atoms with Crippen LogP contribution in [-0.4, -0.2) is 40.6 Å². The third-order valence-corrected chi connectivity index (χ3v) is 2.84. The van der Waals surface area contributed by atoms with Crippen molar-refractivity contribution in [1.29, 1.82) is 0 Å². The Labute approximate surface area is 105 Å². The van der Waals surface area contributed by atoms with E-state index in [1.807, 2.05) is 30.3 Å². The van der Waals surface area contributed by atoms with Gasteiger partial charge in [0, 0.05) is 6.42 Å². The van der Waals surface area contributed by atoms with E-state index >= 15 is 0 Å². The Bertz CT molecular complexity index is 445. The molecule has 0 unspecified atom stereocenters. The molecule has 18 heavy (non-hydrogen) atoms.